The zero-order valence-corrected chi connectivity index (χ0v) is 14.0. The highest BCUT2D eigenvalue weighted by Gasteiger charge is 2.36. The second-order valence-corrected chi connectivity index (χ2v) is 7.46. The Kier molecular flexibility index (Phi) is 3.95. The molecule has 6 heteroatoms. The SMILES string of the molecule is CN(C(=O)Cc1csc(-c2ccoc2)n1)C1CC2CCC(C1)N2. The molecule has 2 aliphatic rings. The number of likely N-dealkylation sites (N-methyl/N-ethyl adjacent to an activating group) is 1. The number of hydrogen-bond acceptors (Lipinski definition) is 5. The first-order chi connectivity index (χ1) is 11.2. The predicted octanol–water partition coefficient (Wildman–Crippen LogP) is 2.69. The van der Waals surface area contributed by atoms with E-state index in [1.54, 1.807) is 23.9 Å². The van der Waals surface area contributed by atoms with Gasteiger partial charge in [0.05, 0.1) is 18.4 Å². The number of amides is 1. The summed E-state index contributed by atoms with van der Waals surface area (Å²) in [5, 5.41) is 6.50. The highest BCUT2D eigenvalue weighted by molar-refractivity contribution is 7.13. The predicted molar refractivity (Wildman–Crippen MR) is 89.3 cm³/mol. The number of nitrogens with zero attached hydrogens (tertiary/aromatic N) is 2. The molecule has 2 bridgehead atoms. The van der Waals surface area contributed by atoms with Gasteiger partial charge in [0, 0.05) is 36.1 Å². The zero-order chi connectivity index (χ0) is 15.8. The van der Waals surface area contributed by atoms with Crippen LogP contribution in [0.4, 0.5) is 0 Å². The van der Waals surface area contributed by atoms with Crippen LogP contribution in [0.3, 0.4) is 0 Å². The summed E-state index contributed by atoms with van der Waals surface area (Å²) in [6, 6.07) is 3.46. The largest absolute Gasteiger partial charge is 0.472 e. The molecule has 4 heterocycles. The third kappa shape index (κ3) is 3.05. The Morgan fingerprint density at radius 3 is 2.91 bits per heavy atom. The topological polar surface area (TPSA) is 58.4 Å². The fourth-order valence-electron chi connectivity index (χ4n) is 3.73. The first-order valence-corrected chi connectivity index (χ1v) is 9.05. The summed E-state index contributed by atoms with van der Waals surface area (Å²) in [5.74, 6) is 0.167. The van der Waals surface area contributed by atoms with Crippen molar-refractivity contribution in [3.63, 3.8) is 0 Å². The Morgan fingerprint density at radius 2 is 2.22 bits per heavy atom. The van der Waals surface area contributed by atoms with E-state index in [4.69, 9.17) is 4.42 Å². The van der Waals surface area contributed by atoms with Crippen molar-refractivity contribution in [3.05, 3.63) is 29.7 Å². The van der Waals surface area contributed by atoms with Crippen LogP contribution in [0.5, 0.6) is 0 Å². The normalized spacial score (nSPS) is 26.4. The Balaban J connectivity index is 1.39. The van der Waals surface area contributed by atoms with E-state index in [1.165, 1.54) is 12.8 Å². The van der Waals surface area contributed by atoms with Gasteiger partial charge in [0.1, 0.15) is 11.3 Å². The van der Waals surface area contributed by atoms with E-state index in [1.807, 2.05) is 23.4 Å². The monoisotopic (exact) mass is 331 g/mol. The summed E-state index contributed by atoms with van der Waals surface area (Å²) in [6.45, 7) is 0. The Bertz CT molecular complexity index is 670. The van der Waals surface area contributed by atoms with E-state index in [9.17, 15) is 4.79 Å². The fourth-order valence-corrected chi connectivity index (χ4v) is 4.54. The Morgan fingerprint density at radius 1 is 1.43 bits per heavy atom. The second kappa shape index (κ2) is 6.09. The quantitative estimate of drug-likeness (QED) is 0.936. The number of furan rings is 1. The summed E-state index contributed by atoms with van der Waals surface area (Å²) in [4.78, 5) is 19.1. The molecule has 23 heavy (non-hydrogen) atoms. The van der Waals surface area contributed by atoms with Gasteiger partial charge in [-0.3, -0.25) is 4.79 Å². The standard InChI is InChI=1S/C17H21N3O2S/c1-20(15-6-12-2-3-13(7-15)18-12)16(21)8-14-10-23-17(19-14)11-4-5-22-9-11/h4-5,9-10,12-13,15,18H,2-3,6-8H2,1H3. The lowest BCUT2D eigenvalue weighted by Crippen LogP contribution is -2.49. The number of thiazole rings is 1. The summed E-state index contributed by atoms with van der Waals surface area (Å²) >= 11 is 1.56. The van der Waals surface area contributed by atoms with Crippen molar-refractivity contribution in [2.75, 3.05) is 7.05 Å². The molecule has 0 spiro atoms. The molecule has 2 saturated heterocycles. The van der Waals surface area contributed by atoms with Crippen LogP contribution in [0.1, 0.15) is 31.4 Å². The average Bonchev–Trinajstić information content (AvgIpc) is 3.27. The molecule has 2 atom stereocenters. The molecule has 2 fully saturated rings. The molecule has 1 amide bonds. The molecule has 2 aliphatic heterocycles. The number of aromatic nitrogens is 1. The van der Waals surface area contributed by atoms with E-state index >= 15 is 0 Å². The minimum absolute atomic E-state index is 0.167. The van der Waals surface area contributed by atoms with Crippen molar-refractivity contribution >= 4 is 17.2 Å². The van der Waals surface area contributed by atoms with E-state index in [-0.39, 0.29) is 5.91 Å². The lowest BCUT2D eigenvalue weighted by molar-refractivity contribution is -0.132. The van der Waals surface area contributed by atoms with Gasteiger partial charge in [0.2, 0.25) is 5.91 Å². The number of rotatable bonds is 4. The third-order valence-electron chi connectivity index (χ3n) is 5.04. The molecule has 2 unspecified atom stereocenters. The van der Waals surface area contributed by atoms with Gasteiger partial charge in [0.25, 0.3) is 0 Å². The van der Waals surface area contributed by atoms with E-state index in [0.29, 0.717) is 24.5 Å². The maximum absolute atomic E-state index is 12.6. The number of fused-ring (bicyclic) bond motifs is 2. The van der Waals surface area contributed by atoms with Gasteiger partial charge in [-0.1, -0.05) is 0 Å². The number of piperidine rings is 1. The van der Waals surface area contributed by atoms with Crippen molar-refractivity contribution in [3.8, 4) is 10.6 Å². The first-order valence-electron chi connectivity index (χ1n) is 8.17. The molecule has 4 rings (SSSR count). The Hall–Kier alpha value is -1.66. The molecule has 0 aromatic carbocycles. The average molecular weight is 331 g/mol. The van der Waals surface area contributed by atoms with Crippen molar-refractivity contribution in [2.24, 2.45) is 0 Å². The van der Waals surface area contributed by atoms with Crippen LogP contribution >= 0.6 is 11.3 Å². The number of carbonyl (C=O) groups is 1. The van der Waals surface area contributed by atoms with Crippen LogP contribution in [0.25, 0.3) is 10.6 Å². The Labute approximate surface area is 139 Å². The third-order valence-corrected chi connectivity index (χ3v) is 5.98. The molecule has 1 N–H and O–H groups in total. The molecule has 0 aliphatic carbocycles. The molecule has 2 aromatic heterocycles. The smallest absolute Gasteiger partial charge is 0.228 e. The van der Waals surface area contributed by atoms with Crippen molar-refractivity contribution in [2.45, 2.75) is 50.2 Å². The summed E-state index contributed by atoms with van der Waals surface area (Å²) in [6.07, 6.45) is 8.37. The van der Waals surface area contributed by atoms with Gasteiger partial charge < -0.3 is 14.6 Å². The molecule has 122 valence electrons. The van der Waals surface area contributed by atoms with Crippen LogP contribution < -0.4 is 5.32 Å². The van der Waals surface area contributed by atoms with E-state index in [0.717, 1.165) is 29.1 Å². The van der Waals surface area contributed by atoms with Gasteiger partial charge in [-0.2, -0.15) is 0 Å². The molecule has 5 nitrogen and oxygen atoms in total. The van der Waals surface area contributed by atoms with Gasteiger partial charge in [0.15, 0.2) is 0 Å². The van der Waals surface area contributed by atoms with Gasteiger partial charge in [-0.05, 0) is 31.7 Å². The maximum atomic E-state index is 12.6. The lowest BCUT2D eigenvalue weighted by atomic mass is 9.98. The highest BCUT2D eigenvalue weighted by Crippen LogP contribution is 2.30. The zero-order valence-electron chi connectivity index (χ0n) is 13.2. The van der Waals surface area contributed by atoms with Crippen molar-refractivity contribution < 1.29 is 9.21 Å². The van der Waals surface area contributed by atoms with E-state index in [2.05, 4.69) is 10.3 Å². The van der Waals surface area contributed by atoms with Crippen LogP contribution in [-0.2, 0) is 11.2 Å². The van der Waals surface area contributed by atoms with Crippen molar-refractivity contribution in [1.29, 1.82) is 0 Å². The van der Waals surface area contributed by atoms with Gasteiger partial charge in [-0.25, -0.2) is 4.98 Å². The maximum Gasteiger partial charge on any atom is 0.228 e. The summed E-state index contributed by atoms with van der Waals surface area (Å²) in [7, 11) is 1.95. The lowest BCUT2D eigenvalue weighted by Gasteiger charge is -2.35. The number of carbonyl (C=O) groups excluding carboxylic acids is 1. The minimum atomic E-state index is 0.167. The summed E-state index contributed by atoms with van der Waals surface area (Å²) in [5.41, 5.74) is 1.82. The number of hydrogen-bond donors (Lipinski definition) is 1. The molecule has 0 radical (unpaired) electrons. The highest BCUT2D eigenvalue weighted by atomic mass is 32.1. The fraction of sp³-hybridized carbons (Fsp3) is 0.529. The van der Waals surface area contributed by atoms with Crippen LogP contribution in [0.15, 0.2) is 28.4 Å². The van der Waals surface area contributed by atoms with Crippen LogP contribution in [0.2, 0.25) is 0 Å². The van der Waals surface area contributed by atoms with Gasteiger partial charge in [-0.15, -0.1) is 11.3 Å². The molecule has 0 saturated carbocycles. The van der Waals surface area contributed by atoms with Crippen molar-refractivity contribution in [1.82, 2.24) is 15.2 Å². The first kappa shape index (κ1) is 14.9. The molecular formula is C17H21N3O2S. The molecule has 2 aromatic rings. The number of nitrogens with one attached hydrogen (secondary N) is 1. The molecular weight excluding hydrogens is 310 g/mol. The van der Waals surface area contributed by atoms with Gasteiger partial charge >= 0.3 is 0 Å². The second-order valence-electron chi connectivity index (χ2n) is 6.60. The summed E-state index contributed by atoms with van der Waals surface area (Å²) < 4.78 is 5.09. The minimum Gasteiger partial charge on any atom is -0.472 e. The van der Waals surface area contributed by atoms with E-state index < -0.39 is 0 Å². The van der Waals surface area contributed by atoms with Crippen LogP contribution in [0, 0.1) is 0 Å². The van der Waals surface area contributed by atoms with Crippen LogP contribution in [-0.4, -0.2) is 41.0 Å².